The van der Waals surface area contributed by atoms with Gasteiger partial charge in [0, 0.05) is 16.5 Å². The van der Waals surface area contributed by atoms with E-state index in [9.17, 15) is 0 Å². The lowest BCUT2D eigenvalue weighted by atomic mass is 9.79. The largest absolute Gasteiger partial charge is 0.313 e. The van der Waals surface area contributed by atoms with E-state index >= 15 is 0 Å². The number of hydrogen-bond donors (Lipinski definition) is 1. The van der Waals surface area contributed by atoms with Crippen LogP contribution in [0.15, 0.2) is 0 Å². The summed E-state index contributed by atoms with van der Waals surface area (Å²) in [6, 6.07) is 0.789. The molecule has 118 valence electrons. The van der Waals surface area contributed by atoms with Crippen LogP contribution in [0.25, 0.3) is 0 Å². The Morgan fingerprint density at radius 2 is 1.80 bits per heavy atom. The highest BCUT2D eigenvalue weighted by atomic mass is 32.2. The Kier molecular flexibility index (Phi) is 7.24. The van der Waals surface area contributed by atoms with Gasteiger partial charge in [0.05, 0.1) is 0 Å². The van der Waals surface area contributed by atoms with E-state index in [4.69, 9.17) is 0 Å². The molecular weight excluding hydrogens is 262 g/mol. The topological polar surface area (TPSA) is 12.0 Å². The number of nitrogens with one attached hydrogen (secondary N) is 1. The highest BCUT2D eigenvalue weighted by Gasteiger charge is 2.33. The Morgan fingerprint density at radius 1 is 1.05 bits per heavy atom. The minimum Gasteiger partial charge on any atom is -0.313 e. The monoisotopic (exact) mass is 297 g/mol. The summed E-state index contributed by atoms with van der Waals surface area (Å²) in [4.78, 5) is 0. The van der Waals surface area contributed by atoms with Gasteiger partial charge in [-0.2, -0.15) is 11.8 Å². The maximum absolute atomic E-state index is 3.85. The highest BCUT2D eigenvalue weighted by molar-refractivity contribution is 8.00. The summed E-state index contributed by atoms with van der Waals surface area (Å²) >= 11 is 2.36. The van der Waals surface area contributed by atoms with Crippen LogP contribution in [0.5, 0.6) is 0 Å². The van der Waals surface area contributed by atoms with Gasteiger partial charge < -0.3 is 5.32 Å². The molecule has 1 N–H and O–H groups in total. The molecule has 0 aromatic heterocycles. The minimum absolute atomic E-state index is 0.789. The first-order chi connectivity index (χ1) is 9.70. The smallest absolute Gasteiger partial charge is 0.0206 e. The molecule has 2 saturated carbocycles. The van der Waals surface area contributed by atoms with E-state index in [0.29, 0.717) is 0 Å². The molecule has 20 heavy (non-hydrogen) atoms. The molecule has 0 aliphatic heterocycles. The first kappa shape index (κ1) is 16.7. The molecular formula is C18H35NS. The molecule has 2 rings (SSSR count). The van der Waals surface area contributed by atoms with E-state index in [2.05, 4.69) is 37.8 Å². The fraction of sp³-hybridized carbons (Fsp3) is 1.00. The first-order valence-corrected chi connectivity index (χ1v) is 10.0. The lowest BCUT2D eigenvalue weighted by Crippen LogP contribution is -2.44. The predicted octanol–water partition coefficient (Wildman–Crippen LogP) is 5.25. The summed E-state index contributed by atoms with van der Waals surface area (Å²) in [7, 11) is 0. The zero-order valence-electron chi connectivity index (χ0n) is 13.9. The van der Waals surface area contributed by atoms with Crippen molar-refractivity contribution in [3.05, 3.63) is 0 Å². The Hall–Kier alpha value is 0.310. The summed E-state index contributed by atoms with van der Waals surface area (Å²) in [6.45, 7) is 8.34. The average Bonchev–Trinajstić information content (AvgIpc) is 2.47. The number of rotatable bonds is 6. The average molecular weight is 298 g/mol. The lowest BCUT2D eigenvalue weighted by molar-refractivity contribution is 0.245. The van der Waals surface area contributed by atoms with E-state index in [1.807, 2.05) is 0 Å². The third kappa shape index (κ3) is 4.94. The van der Waals surface area contributed by atoms with Gasteiger partial charge in [0.2, 0.25) is 0 Å². The van der Waals surface area contributed by atoms with Crippen LogP contribution in [0.3, 0.4) is 0 Å². The SMILES string of the molecule is CCCNC1CCC(C(C)C)CC1SC1CCCCC1. The van der Waals surface area contributed by atoms with Crippen LogP contribution < -0.4 is 5.32 Å². The van der Waals surface area contributed by atoms with Gasteiger partial charge in [-0.25, -0.2) is 0 Å². The second-order valence-electron chi connectivity index (χ2n) is 7.31. The molecule has 0 aromatic rings. The van der Waals surface area contributed by atoms with Crippen LogP contribution in [0.1, 0.15) is 78.6 Å². The summed E-state index contributed by atoms with van der Waals surface area (Å²) in [5.74, 6) is 1.84. The van der Waals surface area contributed by atoms with Gasteiger partial charge in [0.1, 0.15) is 0 Å². The van der Waals surface area contributed by atoms with E-state index in [1.54, 1.807) is 0 Å². The number of hydrogen-bond acceptors (Lipinski definition) is 2. The Morgan fingerprint density at radius 3 is 2.45 bits per heavy atom. The second-order valence-corrected chi connectivity index (χ2v) is 8.86. The van der Waals surface area contributed by atoms with E-state index in [1.165, 1.54) is 64.3 Å². The van der Waals surface area contributed by atoms with Crippen LogP contribution in [-0.4, -0.2) is 23.1 Å². The minimum atomic E-state index is 0.789. The summed E-state index contributed by atoms with van der Waals surface area (Å²) in [5, 5.41) is 5.69. The van der Waals surface area contributed by atoms with Crippen molar-refractivity contribution < 1.29 is 0 Å². The quantitative estimate of drug-likeness (QED) is 0.719. The van der Waals surface area contributed by atoms with Crippen molar-refractivity contribution in [3.8, 4) is 0 Å². The van der Waals surface area contributed by atoms with Crippen molar-refractivity contribution in [1.29, 1.82) is 0 Å². The molecule has 2 fully saturated rings. The normalized spacial score (nSPS) is 32.7. The van der Waals surface area contributed by atoms with Crippen LogP contribution in [0.2, 0.25) is 0 Å². The van der Waals surface area contributed by atoms with E-state index < -0.39 is 0 Å². The van der Waals surface area contributed by atoms with Crippen molar-refractivity contribution >= 4 is 11.8 Å². The van der Waals surface area contributed by atoms with Crippen molar-refractivity contribution in [2.24, 2.45) is 11.8 Å². The van der Waals surface area contributed by atoms with Crippen LogP contribution in [-0.2, 0) is 0 Å². The molecule has 3 unspecified atom stereocenters. The molecule has 0 heterocycles. The van der Waals surface area contributed by atoms with Gasteiger partial charge in [-0.3, -0.25) is 0 Å². The van der Waals surface area contributed by atoms with Crippen molar-refractivity contribution in [1.82, 2.24) is 5.32 Å². The molecule has 1 nitrogen and oxygen atoms in total. The van der Waals surface area contributed by atoms with Crippen LogP contribution in [0, 0.1) is 11.8 Å². The molecule has 3 atom stereocenters. The first-order valence-electron chi connectivity index (χ1n) is 9.09. The van der Waals surface area contributed by atoms with E-state index in [0.717, 1.165) is 28.4 Å². The molecule has 2 aliphatic rings. The van der Waals surface area contributed by atoms with Crippen molar-refractivity contribution in [2.45, 2.75) is 95.1 Å². The second kappa shape index (κ2) is 8.68. The van der Waals surface area contributed by atoms with Gasteiger partial charge in [-0.1, -0.05) is 40.0 Å². The van der Waals surface area contributed by atoms with Gasteiger partial charge in [-0.15, -0.1) is 0 Å². The predicted molar refractivity (Wildman–Crippen MR) is 92.5 cm³/mol. The molecule has 0 radical (unpaired) electrons. The Bertz CT molecular complexity index is 260. The zero-order chi connectivity index (χ0) is 14.4. The highest BCUT2D eigenvalue weighted by Crippen LogP contribution is 2.40. The fourth-order valence-corrected chi connectivity index (χ4v) is 5.81. The number of thioether (sulfide) groups is 1. The van der Waals surface area contributed by atoms with Gasteiger partial charge in [-0.05, 0) is 56.9 Å². The van der Waals surface area contributed by atoms with Crippen molar-refractivity contribution in [2.75, 3.05) is 6.54 Å². The molecule has 0 amide bonds. The third-order valence-electron chi connectivity index (χ3n) is 5.35. The molecule has 0 aromatic carbocycles. The maximum atomic E-state index is 3.85. The molecule has 2 aliphatic carbocycles. The van der Waals surface area contributed by atoms with E-state index in [-0.39, 0.29) is 0 Å². The molecule has 0 spiro atoms. The van der Waals surface area contributed by atoms with Crippen molar-refractivity contribution in [3.63, 3.8) is 0 Å². The lowest BCUT2D eigenvalue weighted by Gasteiger charge is -2.40. The zero-order valence-corrected chi connectivity index (χ0v) is 14.7. The van der Waals surface area contributed by atoms with Gasteiger partial charge in [0.25, 0.3) is 0 Å². The van der Waals surface area contributed by atoms with Gasteiger partial charge >= 0.3 is 0 Å². The molecule has 0 saturated heterocycles. The van der Waals surface area contributed by atoms with Crippen LogP contribution in [0.4, 0.5) is 0 Å². The van der Waals surface area contributed by atoms with Gasteiger partial charge in [0.15, 0.2) is 0 Å². The maximum Gasteiger partial charge on any atom is 0.0206 e. The molecule has 0 bridgehead atoms. The molecule has 2 heteroatoms. The summed E-state index contributed by atoms with van der Waals surface area (Å²) < 4.78 is 0. The summed E-state index contributed by atoms with van der Waals surface area (Å²) in [5.41, 5.74) is 0. The Balaban J connectivity index is 1.89. The standard InChI is InChI=1S/C18H35NS/c1-4-12-19-17-11-10-15(14(2)3)13-18(17)20-16-8-6-5-7-9-16/h14-19H,4-13H2,1-3H3. The summed E-state index contributed by atoms with van der Waals surface area (Å²) in [6.07, 6.45) is 13.0. The van der Waals surface area contributed by atoms with Crippen LogP contribution >= 0.6 is 11.8 Å². The fourth-order valence-electron chi connectivity index (χ4n) is 3.93. The third-order valence-corrected chi connectivity index (χ3v) is 7.08. The Labute approximate surface area is 131 Å².